The third-order valence-electron chi connectivity index (χ3n) is 3.53. The van der Waals surface area contributed by atoms with Crippen molar-refractivity contribution < 1.29 is 23.8 Å². The molecule has 0 saturated carbocycles. The number of carboxylic acid groups (broad SMARTS) is 1. The third kappa shape index (κ3) is 4.68. The molecule has 1 aromatic carbocycles. The molecule has 1 aromatic rings. The minimum atomic E-state index is -1.05. The van der Waals surface area contributed by atoms with Crippen LogP contribution in [0, 0.1) is 5.82 Å². The predicted molar refractivity (Wildman–Crippen MR) is 75.1 cm³/mol. The molecular weight excluding hydrogens is 277 g/mol. The van der Waals surface area contributed by atoms with Crippen molar-refractivity contribution in [2.75, 3.05) is 32.9 Å². The summed E-state index contributed by atoms with van der Waals surface area (Å²) in [4.78, 5) is 12.8. The topological polar surface area (TPSA) is 59.0 Å². The predicted octanol–water partition coefficient (Wildman–Crippen LogP) is 1.55. The van der Waals surface area contributed by atoms with Gasteiger partial charge in [-0.15, -0.1) is 0 Å². The van der Waals surface area contributed by atoms with Crippen molar-refractivity contribution >= 4 is 5.97 Å². The fourth-order valence-corrected chi connectivity index (χ4v) is 2.26. The van der Waals surface area contributed by atoms with Crippen LogP contribution in [0.15, 0.2) is 18.2 Å². The lowest BCUT2D eigenvalue weighted by atomic mass is 10.1. The lowest BCUT2D eigenvalue weighted by molar-refractivity contribution is -0.136. The van der Waals surface area contributed by atoms with Gasteiger partial charge in [0.05, 0.1) is 19.6 Å². The summed E-state index contributed by atoms with van der Waals surface area (Å²) in [5.41, 5.74) is 0.163. The summed E-state index contributed by atoms with van der Waals surface area (Å²) >= 11 is 0. The van der Waals surface area contributed by atoms with Crippen molar-refractivity contribution in [1.29, 1.82) is 0 Å². The molecule has 0 aliphatic carbocycles. The summed E-state index contributed by atoms with van der Waals surface area (Å²) in [6.07, 6.45) is -0.323. The van der Waals surface area contributed by atoms with Gasteiger partial charge in [-0.2, -0.15) is 0 Å². The van der Waals surface area contributed by atoms with Crippen LogP contribution in [0.3, 0.4) is 0 Å². The highest BCUT2D eigenvalue weighted by Crippen LogP contribution is 2.18. The molecule has 116 valence electrons. The Kier molecular flexibility index (Phi) is 5.52. The fraction of sp³-hybridized carbons (Fsp3) is 0.533. The number of ether oxygens (including phenoxy) is 2. The molecule has 21 heavy (non-hydrogen) atoms. The number of carbonyl (C=O) groups is 1. The van der Waals surface area contributed by atoms with E-state index < -0.39 is 11.8 Å². The minimum absolute atomic E-state index is 0.163. The van der Waals surface area contributed by atoms with Crippen molar-refractivity contribution in [3.05, 3.63) is 29.6 Å². The van der Waals surface area contributed by atoms with E-state index >= 15 is 0 Å². The van der Waals surface area contributed by atoms with E-state index in [0.29, 0.717) is 12.4 Å². The third-order valence-corrected chi connectivity index (χ3v) is 3.53. The Labute approximate surface area is 123 Å². The normalized spacial score (nSPS) is 17.4. The molecule has 0 radical (unpaired) electrons. The lowest BCUT2D eigenvalue weighted by Gasteiger charge is -2.32. The summed E-state index contributed by atoms with van der Waals surface area (Å²) in [6, 6.07) is 4.52. The van der Waals surface area contributed by atoms with E-state index in [1.165, 1.54) is 12.1 Å². The second kappa shape index (κ2) is 7.38. The SMILES string of the molecule is C[C@@H](COc1ccc(CC(=O)O)c(F)c1)N1CCOCC1. The molecule has 6 heteroatoms. The van der Waals surface area contributed by atoms with Crippen molar-refractivity contribution in [3.8, 4) is 5.75 Å². The molecule has 1 heterocycles. The molecule has 1 saturated heterocycles. The minimum Gasteiger partial charge on any atom is -0.492 e. The summed E-state index contributed by atoms with van der Waals surface area (Å²) in [5.74, 6) is -1.18. The summed E-state index contributed by atoms with van der Waals surface area (Å²) in [5, 5.41) is 8.67. The largest absolute Gasteiger partial charge is 0.492 e. The zero-order chi connectivity index (χ0) is 15.2. The van der Waals surface area contributed by atoms with Gasteiger partial charge in [0.1, 0.15) is 18.2 Å². The molecule has 1 N–H and O–H groups in total. The van der Waals surface area contributed by atoms with Gasteiger partial charge in [0.15, 0.2) is 0 Å². The molecule has 2 rings (SSSR count). The van der Waals surface area contributed by atoms with Gasteiger partial charge in [-0.1, -0.05) is 6.07 Å². The Morgan fingerprint density at radius 2 is 2.19 bits per heavy atom. The monoisotopic (exact) mass is 297 g/mol. The van der Waals surface area contributed by atoms with Gasteiger partial charge in [-0.25, -0.2) is 4.39 Å². The first-order valence-electron chi connectivity index (χ1n) is 7.01. The second-order valence-corrected chi connectivity index (χ2v) is 5.13. The Bertz CT molecular complexity index is 489. The molecule has 1 aliphatic rings. The van der Waals surface area contributed by atoms with Crippen LogP contribution in [-0.2, 0) is 16.0 Å². The quantitative estimate of drug-likeness (QED) is 0.863. The van der Waals surface area contributed by atoms with Gasteiger partial charge in [0.2, 0.25) is 0 Å². The van der Waals surface area contributed by atoms with Crippen LogP contribution in [0.4, 0.5) is 4.39 Å². The summed E-state index contributed by atoms with van der Waals surface area (Å²) in [6.45, 7) is 5.71. The second-order valence-electron chi connectivity index (χ2n) is 5.13. The Balaban J connectivity index is 1.87. The summed E-state index contributed by atoms with van der Waals surface area (Å²) in [7, 11) is 0. The average molecular weight is 297 g/mol. The van der Waals surface area contributed by atoms with Crippen LogP contribution in [0.25, 0.3) is 0 Å². The van der Waals surface area contributed by atoms with Crippen LogP contribution in [0.2, 0.25) is 0 Å². The van der Waals surface area contributed by atoms with Gasteiger partial charge < -0.3 is 14.6 Å². The molecule has 0 aromatic heterocycles. The molecular formula is C15H20FNO4. The Hall–Kier alpha value is -1.66. The molecule has 1 fully saturated rings. The molecule has 1 aliphatic heterocycles. The Morgan fingerprint density at radius 1 is 1.48 bits per heavy atom. The molecule has 0 spiro atoms. The summed E-state index contributed by atoms with van der Waals surface area (Å²) < 4.78 is 24.6. The smallest absolute Gasteiger partial charge is 0.307 e. The average Bonchev–Trinajstić information content (AvgIpc) is 2.48. The van der Waals surface area contributed by atoms with Crippen molar-refractivity contribution in [3.63, 3.8) is 0 Å². The van der Waals surface area contributed by atoms with E-state index in [2.05, 4.69) is 11.8 Å². The molecule has 0 amide bonds. The molecule has 5 nitrogen and oxygen atoms in total. The lowest BCUT2D eigenvalue weighted by Crippen LogP contribution is -2.44. The molecule has 0 bridgehead atoms. The Morgan fingerprint density at radius 3 is 2.81 bits per heavy atom. The number of nitrogens with zero attached hydrogens (tertiary/aromatic N) is 1. The van der Waals surface area contributed by atoms with Gasteiger partial charge in [0.25, 0.3) is 0 Å². The van der Waals surface area contributed by atoms with Crippen LogP contribution >= 0.6 is 0 Å². The number of halogens is 1. The van der Waals surface area contributed by atoms with E-state index in [9.17, 15) is 9.18 Å². The van der Waals surface area contributed by atoms with Gasteiger partial charge >= 0.3 is 5.97 Å². The van der Waals surface area contributed by atoms with Gasteiger partial charge in [0, 0.05) is 25.2 Å². The highest BCUT2D eigenvalue weighted by Gasteiger charge is 2.17. The first-order chi connectivity index (χ1) is 10.1. The first kappa shape index (κ1) is 15.7. The number of morpholine rings is 1. The van der Waals surface area contributed by atoms with Gasteiger partial charge in [-0.05, 0) is 18.6 Å². The maximum Gasteiger partial charge on any atom is 0.307 e. The van der Waals surface area contributed by atoms with Crippen molar-refractivity contribution in [2.24, 2.45) is 0 Å². The van der Waals surface area contributed by atoms with Crippen LogP contribution in [0.5, 0.6) is 5.75 Å². The number of carboxylic acids is 1. The van der Waals surface area contributed by atoms with Gasteiger partial charge in [-0.3, -0.25) is 9.69 Å². The van der Waals surface area contributed by atoms with Crippen LogP contribution in [0.1, 0.15) is 12.5 Å². The highest BCUT2D eigenvalue weighted by molar-refractivity contribution is 5.70. The van der Waals surface area contributed by atoms with Crippen LogP contribution in [-0.4, -0.2) is 54.9 Å². The van der Waals surface area contributed by atoms with E-state index in [1.807, 2.05) is 0 Å². The standard InChI is InChI=1S/C15H20FNO4/c1-11(17-4-6-20-7-5-17)10-21-13-3-2-12(8-15(18)19)14(16)9-13/h2-3,9,11H,4-8,10H2,1H3,(H,18,19)/t11-/m0/s1. The zero-order valence-corrected chi connectivity index (χ0v) is 12.0. The fourth-order valence-electron chi connectivity index (χ4n) is 2.26. The number of hydrogen-bond acceptors (Lipinski definition) is 4. The molecule has 1 atom stereocenters. The van der Waals surface area contributed by atoms with E-state index in [4.69, 9.17) is 14.6 Å². The van der Waals surface area contributed by atoms with E-state index in [-0.39, 0.29) is 18.0 Å². The zero-order valence-electron chi connectivity index (χ0n) is 12.0. The maximum atomic E-state index is 13.7. The maximum absolute atomic E-state index is 13.7. The van der Waals surface area contributed by atoms with Crippen LogP contribution < -0.4 is 4.74 Å². The highest BCUT2D eigenvalue weighted by atomic mass is 19.1. The first-order valence-corrected chi connectivity index (χ1v) is 7.01. The number of hydrogen-bond donors (Lipinski definition) is 1. The van der Waals surface area contributed by atoms with E-state index in [1.54, 1.807) is 6.07 Å². The number of aliphatic carboxylic acids is 1. The van der Waals surface area contributed by atoms with Crippen molar-refractivity contribution in [2.45, 2.75) is 19.4 Å². The van der Waals surface area contributed by atoms with E-state index in [0.717, 1.165) is 26.3 Å². The number of rotatable bonds is 6. The van der Waals surface area contributed by atoms with Crippen molar-refractivity contribution in [1.82, 2.24) is 4.90 Å². The molecule has 0 unspecified atom stereocenters. The number of benzene rings is 1.